The first kappa shape index (κ1) is 13.2. The van der Waals surface area contributed by atoms with Crippen LogP contribution in [0.5, 0.6) is 11.5 Å². The van der Waals surface area contributed by atoms with Crippen molar-refractivity contribution in [2.45, 2.75) is 43.8 Å². The van der Waals surface area contributed by atoms with Crippen molar-refractivity contribution in [3.05, 3.63) is 18.2 Å². The number of rotatable bonds is 5. The van der Waals surface area contributed by atoms with Gasteiger partial charge in [-0.05, 0) is 38.8 Å². The quantitative estimate of drug-likeness (QED) is 0.883. The van der Waals surface area contributed by atoms with E-state index in [0.29, 0.717) is 5.75 Å². The molecular weight excluding hydrogens is 254 g/mol. The fourth-order valence-corrected chi connectivity index (χ4v) is 2.17. The molecule has 2 rings (SSSR count). The van der Waals surface area contributed by atoms with E-state index in [2.05, 4.69) is 0 Å². The maximum atomic E-state index is 11.4. The zero-order chi connectivity index (χ0) is 13.3. The minimum atomic E-state index is -3.78. The van der Waals surface area contributed by atoms with Crippen LogP contribution in [0.25, 0.3) is 0 Å². The summed E-state index contributed by atoms with van der Waals surface area (Å²) < 4.78 is 34.0. The lowest BCUT2D eigenvalue weighted by molar-refractivity contribution is 0.238. The molecule has 0 heterocycles. The standard InChI is InChI=1S/C12H17NO4S/c1-8(2)16-10-5-6-12(18(13,14)15)11(7-10)17-9-3-4-9/h5-9H,3-4H2,1-2H3,(H2,13,14,15). The van der Waals surface area contributed by atoms with Gasteiger partial charge in [0.1, 0.15) is 16.4 Å². The second-order valence-corrected chi connectivity index (χ2v) is 6.17. The molecule has 1 saturated carbocycles. The molecule has 2 N–H and O–H groups in total. The molecule has 0 unspecified atom stereocenters. The first-order valence-electron chi connectivity index (χ1n) is 5.86. The molecule has 0 spiro atoms. The third kappa shape index (κ3) is 3.36. The van der Waals surface area contributed by atoms with Crippen molar-refractivity contribution >= 4 is 10.0 Å². The molecule has 18 heavy (non-hydrogen) atoms. The minimum Gasteiger partial charge on any atom is -0.491 e. The molecule has 100 valence electrons. The van der Waals surface area contributed by atoms with Gasteiger partial charge in [0.05, 0.1) is 12.2 Å². The molecule has 0 aliphatic heterocycles. The highest BCUT2D eigenvalue weighted by Gasteiger charge is 2.27. The van der Waals surface area contributed by atoms with Gasteiger partial charge < -0.3 is 9.47 Å². The van der Waals surface area contributed by atoms with Crippen LogP contribution in [0.2, 0.25) is 0 Å². The van der Waals surface area contributed by atoms with E-state index < -0.39 is 10.0 Å². The first-order chi connectivity index (χ1) is 8.36. The largest absolute Gasteiger partial charge is 0.491 e. The van der Waals surface area contributed by atoms with Crippen molar-refractivity contribution in [1.29, 1.82) is 0 Å². The van der Waals surface area contributed by atoms with Crippen molar-refractivity contribution in [1.82, 2.24) is 0 Å². The summed E-state index contributed by atoms with van der Waals surface area (Å²) >= 11 is 0. The van der Waals surface area contributed by atoms with E-state index in [0.717, 1.165) is 12.8 Å². The predicted molar refractivity (Wildman–Crippen MR) is 67.2 cm³/mol. The highest BCUT2D eigenvalue weighted by Crippen LogP contribution is 2.33. The van der Waals surface area contributed by atoms with Gasteiger partial charge in [0, 0.05) is 6.07 Å². The Morgan fingerprint density at radius 2 is 2.00 bits per heavy atom. The van der Waals surface area contributed by atoms with Crippen LogP contribution in [0.4, 0.5) is 0 Å². The van der Waals surface area contributed by atoms with E-state index in [9.17, 15) is 8.42 Å². The SMILES string of the molecule is CC(C)Oc1ccc(S(N)(=O)=O)c(OC2CC2)c1. The van der Waals surface area contributed by atoms with Crippen molar-refractivity contribution in [3.63, 3.8) is 0 Å². The van der Waals surface area contributed by atoms with E-state index in [1.54, 1.807) is 12.1 Å². The molecule has 0 atom stereocenters. The van der Waals surface area contributed by atoms with E-state index >= 15 is 0 Å². The van der Waals surface area contributed by atoms with Crippen LogP contribution in [0.1, 0.15) is 26.7 Å². The highest BCUT2D eigenvalue weighted by molar-refractivity contribution is 7.89. The number of ether oxygens (including phenoxy) is 2. The highest BCUT2D eigenvalue weighted by atomic mass is 32.2. The summed E-state index contributed by atoms with van der Waals surface area (Å²) in [4.78, 5) is 0.00510. The summed E-state index contributed by atoms with van der Waals surface area (Å²) in [6.45, 7) is 3.80. The Labute approximate surface area is 107 Å². The molecule has 6 heteroatoms. The van der Waals surface area contributed by atoms with Crippen LogP contribution < -0.4 is 14.6 Å². The number of hydrogen-bond donors (Lipinski definition) is 1. The molecular formula is C12H17NO4S. The molecule has 1 aliphatic carbocycles. The molecule has 1 fully saturated rings. The lowest BCUT2D eigenvalue weighted by Gasteiger charge is -2.14. The van der Waals surface area contributed by atoms with E-state index in [1.165, 1.54) is 6.07 Å². The number of benzene rings is 1. The second-order valence-electron chi connectivity index (χ2n) is 4.64. The van der Waals surface area contributed by atoms with Crippen LogP contribution in [0.15, 0.2) is 23.1 Å². The first-order valence-corrected chi connectivity index (χ1v) is 7.41. The summed E-state index contributed by atoms with van der Waals surface area (Å²) in [5.74, 6) is 0.853. The maximum Gasteiger partial charge on any atom is 0.241 e. The third-order valence-corrected chi connectivity index (χ3v) is 3.36. The third-order valence-electron chi connectivity index (χ3n) is 2.41. The fraction of sp³-hybridized carbons (Fsp3) is 0.500. The van der Waals surface area contributed by atoms with Gasteiger partial charge in [0.25, 0.3) is 0 Å². The van der Waals surface area contributed by atoms with Crippen molar-refractivity contribution in [2.75, 3.05) is 0 Å². The van der Waals surface area contributed by atoms with Gasteiger partial charge in [-0.1, -0.05) is 0 Å². The van der Waals surface area contributed by atoms with Gasteiger partial charge >= 0.3 is 0 Å². The second kappa shape index (κ2) is 4.78. The summed E-state index contributed by atoms with van der Waals surface area (Å²) in [6.07, 6.45) is 2.00. The van der Waals surface area contributed by atoms with E-state index in [-0.39, 0.29) is 22.9 Å². The van der Waals surface area contributed by atoms with Gasteiger partial charge in [0.2, 0.25) is 10.0 Å². The van der Waals surface area contributed by atoms with Crippen molar-refractivity contribution < 1.29 is 17.9 Å². The van der Waals surface area contributed by atoms with Crippen LogP contribution in [-0.2, 0) is 10.0 Å². The van der Waals surface area contributed by atoms with Gasteiger partial charge in [-0.25, -0.2) is 13.6 Å². The Morgan fingerprint density at radius 3 is 2.50 bits per heavy atom. The normalized spacial score (nSPS) is 15.8. The number of nitrogens with two attached hydrogens (primary N) is 1. The van der Waals surface area contributed by atoms with Crippen LogP contribution in [0, 0.1) is 0 Å². The summed E-state index contributed by atoms with van der Waals surface area (Å²) in [5.41, 5.74) is 0. The Bertz CT molecular complexity index is 535. The van der Waals surface area contributed by atoms with Crippen LogP contribution in [0.3, 0.4) is 0 Å². The molecule has 0 radical (unpaired) electrons. The molecule has 5 nitrogen and oxygen atoms in total. The van der Waals surface area contributed by atoms with Gasteiger partial charge in [-0.2, -0.15) is 0 Å². The maximum absolute atomic E-state index is 11.4. The lowest BCUT2D eigenvalue weighted by Crippen LogP contribution is -2.15. The Hall–Kier alpha value is -1.27. The van der Waals surface area contributed by atoms with E-state index in [4.69, 9.17) is 14.6 Å². The average molecular weight is 271 g/mol. The molecule has 1 aromatic carbocycles. The molecule has 1 aromatic rings. The summed E-state index contributed by atoms with van der Waals surface area (Å²) in [6, 6.07) is 4.59. The minimum absolute atomic E-state index is 0.00510. The number of primary sulfonamides is 1. The molecule has 0 bridgehead atoms. The van der Waals surface area contributed by atoms with Gasteiger partial charge in [-0.15, -0.1) is 0 Å². The monoisotopic (exact) mass is 271 g/mol. The number of sulfonamides is 1. The number of hydrogen-bond acceptors (Lipinski definition) is 4. The zero-order valence-electron chi connectivity index (χ0n) is 10.4. The average Bonchev–Trinajstić information content (AvgIpc) is 2.98. The molecule has 1 aliphatic rings. The Balaban J connectivity index is 2.34. The topological polar surface area (TPSA) is 78.6 Å². The Morgan fingerprint density at radius 1 is 1.33 bits per heavy atom. The lowest BCUT2D eigenvalue weighted by atomic mass is 10.3. The molecule has 0 aromatic heterocycles. The zero-order valence-corrected chi connectivity index (χ0v) is 11.2. The molecule has 0 amide bonds. The summed E-state index contributed by atoms with van der Waals surface area (Å²) in [7, 11) is -3.78. The van der Waals surface area contributed by atoms with Gasteiger partial charge in [0.15, 0.2) is 0 Å². The van der Waals surface area contributed by atoms with Crippen LogP contribution in [-0.4, -0.2) is 20.6 Å². The molecule has 0 saturated heterocycles. The van der Waals surface area contributed by atoms with E-state index in [1.807, 2.05) is 13.8 Å². The Kier molecular flexibility index (Phi) is 3.49. The van der Waals surface area contributed by atoms with Crippen molar-refractivity contribution in [3.8, 4) is 11.5 Å². The fourth-order valence-electron chi connectivity index (χ4n) is 1.53. The van der Waals surface area contributed by atoms with Gasteiger partial charge in [-0.3, -0.25) is 0 Å². The van der Waals surface area contributed by atoms with Crippen molar-refractivity contribution in [2.24, 2.45) is 5.14 Å². The summed E-state index contributed by atoms with van der Waals surface area (Å²) in [5, 5.41) is 5.16. The smallest absolute Gasteiger partial charge is 0.241 e. The van der Waals surface area contributed by atoms with Crippen LogP contribution >= 0.6 is 0 Å². The predicted octanol–water partition coefficient (Wildman–Crippen LogP) is 1.66.